The van der Waals surface area contributed by atoms with Gasteiger partial charge in [-0.3, -0.25) is 4.79 Å². The van der Waals surface area contributed by atoms with Gasteiger partial charge in [0.05, 0.1) is 6.04 Å². The number of carbonyl (C=O) groups is 1. The number of hydrogen-bond donors (Lipinski definition) is 1. The quantitative estimate of drug-likeness (QED) is 0.771. The van der Waals surface area contributed by atoms with Crippen LogP contribution in [0.3, 0.4) is 0 Å². The first-order valence-corrected chi connectivity index (χ1v) is 6.19. The average molecular weight is 227 g/mol. The van der Waals surface area contributed by atoms with Crippen LogP contribution < -0.4 is 5.73 Å². The van der Waals surface area contributed by atoms with Gasteiger partial charge in [-0.15, -0.1) is 0 Å². The minimum absolute atomic E-state index is 0.0875. The Morgan fingerprint density at radius 2 is 1.81 bits per heavy atom. The lowest BCUT2D eigenvalue weighted by molar-refractivity contribution is -0.137. The summed E-state index contributed by atoms with van der Waals surface area (Å²) in [4.78, 5) is 16.3. The molecule has 0 aromatic heterocycles. The van der Waals surface area contributed by atoms with Crippen molar-refractivity contribution in [2.24, 2.45) is 5.73 Å². The normalized spacial score (nSPS) is 21.1. The molecule has 0 aromatic rings. The summed E-state index contributed by atoms with van der Waals surface area (Å²) in [6, 6.07) is 0.226. The third kappa shape index (κ3) is 3.19. The predicted octanol–water partition coefficient (Wildman–Crippen LogP) is 0.665. The maximum atomic E-state index is 12.1. The van der Waals surface area contributed by atoms with E-state index in [-0.39, 0.29) is 18.0 Å². The molecule has 1 amide bonds. The van der Waals surface area contributed by atoms with Gasteiger partial charge in [0.25, 0.3) is 0 Å². The predicted molar refractivity (Wildman–Crippen MR) is 66.2 cm³/mol. The molecule has 0 saturated carbocycles. The van der Waals surface area contributed by atoms with Crippen LogP contribution in [0.1, 0.15) is 33.6 Å². The molecule has 1 atom stereocenters. The van der Waals surface area contributed by atoms with E-state index in [1.807, 2.05) is 4.90 Å². The minimum atomic E-state index is -0.387. The van der Waals surface area contributed by atoms with Gasteiger partial charge in [-0.05, 0) is 53.8 Å². The Hall–Kier alpha value is -0.610. The number of likely N-dealkylation sites (tertiary alicyclic amines) is 1. The summed E-state index contributed by atoms with van der Waals surface area (Å²) in [6.07, 6.45) is 2.13. The van der Waals surface area contributed by atoms with E-state index < -0.39 is 0 Å². The molecule has 16 heavy (non-hydrogen) atoms. The lowest BCUT2D eigenvalue weighted by Gasteiger charge is -2.40. The second kappa shape index (κ2) is 5.64. The molecule has 1 aliphatic heterocycles. The summed E-state index contributed by atoms with van der Waals surface area (Å²) in [7, 11) is 2.13. The fraction of sp³-hybridized carbons (Fsp3) is 0.917. The van der Waals surface area contributed by atoms with E-state index in [0.29, 0.717) is 6.04 Å². The van der Waals surface area contributed by atoms with Crippen molar-refractivity contribution in [3.05, 3.63) is 0 Å². The zero-order valence-electron chi connectivity index (χ0n) is 10.9. The molecule has 4 nitrogen and oxygen atoms in total. The molecule has 1 heterocycles. The van der Waals surface area contributed by atoms with Crippen molar-refractivity contribution in [1.29, 1.82) is 0 Å². The third-order valence-electron chi connectivity index (χ3n) is 3.28. The second-order valence-electron chi connectivity index (χ2n) is 5.16. The van der Waals surface area contributed by atoms with Gasteiger partial charge in [-0.2, -0.15) is 0 Å². The summed E-state index contributed by atoms with van der Waals surface area (Å²) >= 11 is 0. The van der Waals surface area contributed by atoms with Gasteiger partial charge in [0.1, 0.15) is 0 Å². The van der Waals surface area contributed by atoms with Crippen LogP contribution in [0.25, 0.3) is 0 Å². The highest BCUT2D eigenvalue weighted by molar-refractivity contribution is 5.81. The van der Waals surface area contributed by atoms with Crippen LogP contribution >= 0.6 is 0 Å². The molecule has 1 rings (SSSR count). The topological polar surface area (TPSA) is 49.6 Å². The van der Waals surface area contributed by atoms with Gasteiger partial charge >= 0.3 is 0 Å². The standard InChI is InChI=1S/C12H25N3O/c1-9(2)15(12(16)10(3)13)11-5-7-14(4)8-6-11/h9-11H,5-8,13H2,1-4H3/t10-/m0/s1. The van der Waals surface area contributed by atoms with Crippen LogP contribution in [-0.2, 0) is 4.79 Å². The van der Waals surface area contributed by atoms with Gasteiger partial charge in [0.2, 0.25) is 5.91 Å². The first kappa shape index (κ1) is 13.5. The smallest absolute Gasteiger partial charge is 0.239 e. The monoisotopic (exact) mass is 227 g/mol. The van der Waals surface area contributed by atoms with Crippen LogP contribution in [0.4, 0.5) is 0 Å². The summed E-state index contributed by atoms with van der Waals surface area (Å²) in [5, 5.41) is 0. The molecular formula is C12H25N3O. The highest BCUT2D eigenvalue weighted by Gasteiger charge is 2.30. The van der Waals surface area contributed by atoms with E-state index in [2.05, 4.69) is 25.8 Å². The lowest BCUT2D eigenvalue weighted by atomic mass is 10.0. The Kier molecular flexibility index (Phi) is 4.74. The number of piperidine rings is 1. The van der Waals surface area contributed by atoms with Crippen molar-refractivity contribution >= 4 is 5.91 Å². The van der Waals surface area contributed by atoms with Crippen LogP contribution in [0.2, 0.25) is 0 Å². The molecule has 0 bridgehead atoms. The minimum Gasteiger partial charge on any atom is -0.336 e. The summed E-state index contributed by atoms with van der Waals surface area (Å²) in [5.41, 5.74) is 5.71. The molecule has 0 spiro atoms. The highest BCUT2D eigenvalue weighted by atomic mass is 16.2. The Balaban J connectivity index is 2.67. The molecule has 94 valence electrons. The maximum Gasteiger partial charge on any atom is 0.239 e. The Labute approximate surface area is 98.8 Å². The Bertz CT molecular complexity index is 232. The van der Waals surface area contributed by atoms with Crippen molar-refractivity contribution in [2.75, 3.05) is 20.1 Å². The van der Waals surface area contributed by atoms with Gasteiger partial charge in [-0.25, -0.2) is 0 Å². The van der Waals surface area contributed by atoms with Crippen molar-refractivity contribution in [1.82, 2.24) is 9.80 Å². The number of rotatable bonds is 3. The van der Waals surface area contributed by atoms with E-state index in [1.165, 1.54) is 0 Å². The van der Waals surface area contributed by atoms with Crippen LogP contribution in [0.15, 0.2) is 0 Å². The van der Waals surface area contributed by atoms with Crippen molar-refractivity contribution < 1.29 is 4.79 Å². The molecule has 0 aliphatic carbocycles. The number of amides is 1. The van der Waals surface area contributed by atoms with Gasteiger partial charge in [0, 0.05) is 12.1 Å². The van der Waals surface area contributed by atoms with Crippen LogP contribution in [0, 0.1) is 0 Å². The number of nitrogens with zero attached hydrogens (tertiary/aromatic N) is 2. The zero-order valence-corrected chi connectivity index (χ0v) is 10.9. The molecule has 4 heteroatoms. The van der Waals surface area contributed by atoms with Crippen LogP contribution in [0.5, 0.6) is 0 Å². The Morgan fingerprint density at radius 3 is 2.19 bits per heavy atom. The first-order valence-electron chi connectivity index (χ1n) is 6.19. The fourth-order valence-corrected chi connectivity index (χ4v) is 2.36. The largest absolute Gasteiger partial charge is 0.336 e. The molecule has 1 fully saturated rings. The van der Waals surface area contributed by atoms with Gasteiger partial charge < -0.3 is 15.5 Å². The molecule has 1 saturated heterocycles. The zero-order chi connectivity index (χ0) is 12.3. The lowest BCUT2D eigenvalue weighted by Crippen LogP contribution is -2.53. The summed E-state index contributed by atoms with van der Waals surface area (Å²) in [6.45, 7) is 8.05. The SMILES string of the molecule is CC(C)N(C(=O)[C@H](C)N)C1CCN(C)CC1. The third-order valence-corrected chi connectivity index (χ3v) is 3.28. The first-order chi connectivity index (χ1) is 7.43. The molecule has 0 aromatic carbocycles. The van der Waals surface area contributed by atoms with Crippen LogP contribution in [-0.4, -0.2) is 54.0 Å². The van der Waals surface area contributed by atoms with E-state index in [9.17, 15) is 4.79 Å². The molecule has 0 radical (unpaired) electrons. The van der Waals surface area contributed by atoms with E-state index in [0.717, 1.165) is 25.9 Å². The molecular weight excluding hydrogens is 202 g/mol. The second-order valence-corrected chi connectivity index (χ2v) is 5.16. The van der Waals surface area contributed by atoms with E-state index in [1.54, 1.807) is 6.92 Å². The summed E-state index contributed by atoms with van der Waals surface area (Å²) < 4.78 is 0. The molecule has 2 N–H and O–H groups in total. The number of hydrogen-bond acceptors (Lipinski definition) is 3. The van der Waals surface area contributed by atoms with Crippen molar-refractivity contribution in [2.45, 2.75) is 51.7 Å². The summed E-state index contributed by atoms with van der Waals surface area (Å²) in [5.74, 6) is 0.0875. The van der Waals surface area contributed by atoms with Crippen molar-refractivity contribution in [3.63, 3.8) is 0 Å². The molecule has 1 aliphatic rings. The fourth-order valence-electron chi connectivity index (χ4n) is 2.36. The molecule has 0 unspecified atom stereocenters. The van der Waals surface area contributed by atoms with E-state index >= 15 is 0 Å². The number of nitrogens with two attached hydrogens (primary N) is 1. The highest BCUT2D eigenvalue weighted by Crippen LogP contribution is 2.18. The number of carbonyl (C=O) groups excluding carboxylic acids is 1. The maximum absolute atomic E-state index is 12.1. The van der Waals surface area contributed by atoms with Crippen molar-refractivity contribution in [3.8, 4) is 0 Å². The van der Waals surface area contributed by atoms with E-state index in [4.69, 9.17) is 5.73 Å². The van der Waals surface area contributed by atoms with Gasteiger partial charge in [0.15, 0.2) is 0 Å². The Morgan fingerprint density at radius 1 is 1.31 bits per heavy atom. The average Bonchev–Trinajstić information content (AvgIpc) is 2.20. The van der Waals surface area contributed by atoms with Gasteiger partial charge in [-0.1, -0.05) is 0 Å².